The van der Waals surface area contributed by atoms with Gasteiger partial charge in [0.15, 0.2) is 17.3 Å². The van der Waals surface area contributed by atoms with Gasteiger partial charge in [-0.05, 0) is 293 Å². The minimum atomic E-state index is -1.00. The van der Waals surface area contributed by atoms with Crippen molar-refractivity contribution in [3.63, 3.8) is 0 Å². The maximum Gasteiger partial charge on any atom is 0.311 e. The number of allylic oxidation sites excluding steroid dienone is 21. The molecule has 0 amide bonds. The average Bonchev–Trinajstić information content (AvgIpc) is 0.689. The van der Waals surface area contributed by atoms with E-state index in [-0.39, 0.29) is 112 Å². The Hall–Kier alpha value is -5.88. The zero-order chi connectivity index (χ0) is 75.1. The van der Waals surface area contributed by atoms with E-state index < -0.39 is 24.0 Å². The van der Waals surface area contributed by atoms with E-state index in [4.69, 9.17) is 6.11 Å². The van der Waals surface area contributed by atoms with Gasteiger partial charge in [-0.1, -0.05) is 143 Å². The predicted molar refractivity (Wildman–Crippen MR) is 397 cm³/mol. The molecule has 0 aromatic carbocycles. The lowest BCUT2D eigenvalue weighted by Gasteiger charge is -2.70. The van der Waals surface area contributed by atoms with Gasteiger partial charge in [0.1, 0.15) is 0 Å². The number of aliphatic hydroxyl groups is 4. The molecule has 550 valence electrons. The Morgan fingerprint density at radius 2 is 0.733 bits per heavy atom. The van der Waals surface area contributed by atoms with Gasteiger partial charge in [0.2, 0.25) is 17.3 Å². The fraction of sp³-hybridized carbons (Fsp3) is 0.674. The van der Waals surface area contributed by atoms with Crippen molar-refractivity contribution in [2.75, 3.05) is 20.9 Å². The summed E-state index contributed by atoms with van der Waals surface area (Å²) in [5.41, 5.74) is 11.9. The molecule has 15 rings (SSSR count). The van der Waals surface area contributed by atoms with Crippen LogP contribution in [0.15, 0.2) is 139 Å². The number of ketones is 3. The van der Waals surface area contributed by atoms with Gasteiger partial charge in [0.05, 0.1) is 26.5 Å². The molecule has 0 heterocycles. The van der Waals surface area contributed by atoms with Crippen LogP contribution in [0.2, 0.25) is 0 Å². The number of carbonyl (C=O) groups excluding carboxylic acids is 4. The van der Waals surface area contributed by atoms with Gasteiger partial charge in [0.25, 0.3) is 0 Å². The Kier molecular flexibility index (Phi) is 17.3. The van der Waals surface area contributed by atoms with Gasteiger partial charge in [-0.2, -0.15) is 0 Å². The van der Waals surface area contributed by atoms with E-state index in [9.17, 15) is 53.9 Å². The molecule has 12 heteroatoms. The van der Waals surface area contributed by atoms with Gasteiger partial charge in [-0.15, -0.1) is 0 Å². The van der Waals surface area contributed by atoms with Crippen molar-refractivity contribution >= 4 is 29.3 Å². The molecule has 0 radical (unpaired) electrons. The molecular formula is C89H121FO11. The van der Waals surface area contributed by atoms with Crippen LogP contribution in [0, 0.1) is 99.0 Å². The summed E-state index contributed by atoms with van der Waals surface area (Å²) in [6.45, 7) is 41.3. The molecule has 18 atom stereocenters. The molecule has 5 N–H and O–H groups in total. The quantitative estimate of drug-likeness (QED) is 0.169. The highest BCUT2D eigenvalue weighted by Crippen LogP contribution is 2.80. The molecule has 0 saturated heterocycles. The first kappa shape index (κ1) is 73.4. The number of hydrogen-bond donors (Lipinski definition) is 5. The largest absolute Gasteiger partial charge is 0.504 e. The van der Waals surface area contributed by atoms with Crippen LogP contribution in [-0.4, -0.2) is 75.7 Å². The number of carboxylic acid groups (broad SMARTS) is 1. The third kappa shape index (κ3) is 10.1. The number of fused-ring (bicyclic) bond motifs is 21. The summed E-state index contributed by atoms with van der Waals surface area (Å²) in [5, 5.41) is 51.1. The lowest BCUT2D eigenvalue weighted by molar-refractivity contribution is -0.180. The zero-order valence-electron chi connectivity index (χ0n) is 65.8. The SMILES string of the molecule is CC1=C(O)C(=O)C=C2C1=CC=C1[C@@]2(C)CC[C@@]2(C)[C@@H]3C[C@](C)(C(=O)O)CC[C@]3(C)CC[C@]12C.CC1=C(O)C(=O)C=C2C1=CC=C1[C@@]2(C)CC[C@@]2(C)[C@@H]3C[C@](C)(CO)CC[C@]3(C)CC[C@]12C.COC(=O)[C@]1(C)CC[C@]2(C)CC[C@]3(C)C4=CC=C5C(=CC(=O)C(O)=C5C)[C@]4(C)CC[C@@]3(C)[C@@H]2C1.[2H]CF. The average molecular weight is 1390 g/mol. The molecule has 0 bridgehead atoms. The monoisotopic (exact) mass is 1390 g/mol. The smallest absolute Gasteiger partial charge is 0.311 e. The number of esters is 1. The minimum Gasteiger partial charge on any atom is -0.504 e. The van der Waals surface area contributed by atoms with E-state index in [0.717, 1.165) is 149 Å². The number of carbonyl (C=O) groups is 5. The van der Waals surface area contributed by atoms with Crippen LogP contribution in [0.5, 0.6) is 0 Å². The normalized spacial score (nSPS) is 46.1. The Balaban J connectivity index is 0.000000142. The highest BCUT2D eigenvalue weighted by Gasteiger charge is 2.71. The Morgan fingerprint density at radius 3 is 1.04 bits per heavy atom. The van der Waals surface area contributed by atoms with E-state index >= 15 is 0 Å². The summed E-state index contributed by atoms with van der Waals surface area (Å²) in [6, 6.07) is 0. The molecule has 0 spiro atoms. The van der Waals surface area contributed by atoms with Gasteiger partial charge < -0.3 is 30.3 Å². The maximum absolute atomic E-state index is 12.8. The number of rotatable bonds is 3. The Labute approximate surface area is 604 Å². The zero-order valence-corrected chi connectivity index (χ0v) is 64.8. The summed E-state index contributed by atoms with van der Waals surface area (Å²) < 4.78 is 20.8. The summed E-state index contributed by atoms with van der Waals surface area (Å²) in [5.74, 6) is -0.540. The molecule has 0 aliphatic heterocycles. The van der Waals surface area contributed by atoms with Gasteiger partial charge in [0, 0.05) is 39.6 Å². The molecular weight excluding hydrogens is 1260 g/mol. The number of aliphatic hydroxyl groups excluding tert-OH is 4. The van der Waals surface area contributed by atoms with Gasteiger partial charge >= 0.3 is 11.9 Å². The molecule has 0 unspecified atom stereocenters. The molecule has 9 fully saturated rings. The molecule has 15 aliphatic rings. The van der Waals surface area contributed by atoms with E-state index in [0.29, 0.717) is 39.9 Å². The minimum absolute atomic E-state index is 0.0000746. The van der Waals surface area contributed by atoms with Crippen molar-refractivity contribution in [2.45, 2.75) is 259 Å². The van der Waals surface area contributed by atoms with Crippen LogP contribution >= 0.6 is 0 Å². The second kappa shape index (κ2) is 23.8. The van der Waals surface area contributed by atoms with Crippen LogP contribution in [-0.2, 0) is 28.7 Å². The molecule has 11 nitrogen and oxygen atoms in total. The van der Waals surface area contributed by atoms with Crippen molar-refractivity contribution in [1.29, 1.82) is 0 Å². The number of aliphatic carboxylic acids is 1. The number of methoxy groups -OCH3 is 1. The number of alkyl halides is 1. The molecule has 15 aliphatic carbocycles. The molecule has 101 heavy (non-hydrogen) atoms. The second-order valence-corrected chi connectivity index (χ2v) is 39.0. The lowest BCUT2D eigenvalue weighted by Crippen LogP contribution is -2.62. The third-order valence-electron chi connectivity index (χ3n) is 34.3. The Bertz CT molecular complexity index is 4100. The molecule has 0 aromatic heterocycles. The van der Waals surface area contributed by atoms with Crippen molar-refractivity contribution in [3.05, 3.63) is 139 Å². The van der Waals surface area contributed by atoms with E-state index in [2.05, 4.69) is 133 Å². The summed E-state index contributed by atoms with van der Waals surface area (Å²) >= 11 is 0. The van der Waals surface area contributed by atoms with E-state index in [1.807, 2.05) is 27.7 Å². The van der Waals surface area contributed by atoms with Crippen LogP contribution in [0.3, 0.4) is 0 Å². The van der Waals surface area contributed by atoms with Crippen molar-refractivity contribution in [1.82, 2.24) is 0 Å². The first-order chi connectivity index (χ1) is 47.2. The number of carboxylic acids is 1. The van der Waals surface area contributed by atoms with Crippen LogP contribution in [0.1, 0.15) is 261 Å². The second-order valence-electron chi connectivity index (χ2n) is 39.0. The fourth-order valence-electron chi connectivity index (χ4n) is 26.2. The summed E-state index contributed by atoms with van der Waals surface area (Å²) in [6.07, 6.45) is 40.2. The molecule has 9 saturated carbocycles. The summed E-state index contributed by atoms with van der Waals surface area (Å²) in [7, 11) is 0.518. The highest BCUT2D eigenvalue weighted by molar-refractivity contribution is 6.08. The number of ether oxygens (including phenoxy) is 1. The molecule has 0 aromatic rings. The van der Waals surface area contributed by atoms with Crippen LogP contribution in [0.4, 0.5) is 4.39 Å². The van der Waals surface area contributed by atoms with Crippen molar-refractivity contribution in [3.8, 4) is 0 Å². The first-order valence-corrected chi connectivity index (χ1v) is 38.3. The van der Waals surface area contributed by atoms with E-state index in [1.54, 1.807) is 18.2 Å². The topological polar surface area (TPSA) is 196 Å². The van der Waals surface area contributed by atoms with Crippen molar-refractivity contribution < 1.29 is 60.0 Å². The van der Waals surface area contributed by atoms with Crippen molar-refractivity contribution in [2.24, 2.45) is 99.0 Å². The standard InChI is InChI=1S/C30H40O4.C29H38O4.C29H40O3.CH3F/c1-18-19-8-9-22-28(4,20(19)16-21(31)24(18)32)13-15-30(6)23-17-27(3,25(33)34-7)11-10-26(23,2)12-14-29(22,30)5;1-17-18-7-8-21-27(4,19(18)15-20(30)23(17)31)12-14-29(6)22-16-26(3,24(32)33)10-9-25(22,2)11-13-28(21,29)5;1-18-19-7-8-22-27(4,20(19)15-21(31)24(18)32)12-14-29(6)23-16-25(2,17-30)9-10-26(23,3)11-13-28(22,29)5;1-2/h8-9,16,23,32H,10-15,17H2,1-7H3;7-8,15,22,31H,9-14,16H2,1-6H3,(H,32,33);7-8,15,23,30,32H,9-14,16-17H2,1-6H3;1H3/t23-,26-,27-,28+,29-,30+;22-,25-,26-,27+,28-,29+;23-,25-,26-,27+,28-,29+;/m111./s1/i;;;1D. The van der Waals surface area contributed by atoms with Gasteiger partial charge in [-0.3, -0.25) is 28.4 Å². The number of hydrogen-bond acceptors (Lipinski definition) is 10. The Morgan fingerprint density at radius 1 is 0.446 bits per heavy atom. The first-order valence-electron chi connectivity index (χ1n) is 39.0. The third-order valence-corrected chi connectivity index (χ3v) is 34.3. The van der Waals surface area contributed by atoms with E-state index in [1.165, 1.54) is 43.1 Å². The predicted octanol–water partition coefficient (Wildman–Crippen LogP) is 20.7. The number of halogens is 1. The maximum atomic E-state index is 12.8. The van der Waals surface area contributed by atoms with Crippen LogP contribution in [0.25, 0.3) is 0 Å². The fourth-order valence-corrected chi connectivity index (χ4v) is 26.2. The summed E-state index contributed by atoms with van der Waals surface area (Å²) in [4.78, 5) is 62.9. The highest BCUT2D eigenvalue weighted by atomic mass is 19.1. The lowest BCUT2D eigenvalue weighted by atomic mass is 9.34. The van der Waals surface area contributed by atoms with Crippen LogP contribution < -0.4 is 0 Å². The van der Waals surface area contributed by atoms with Gasteiger partial charge in [-0.25, -0.2) is 0 Å².